The topological polar surface area (TPSA) is 66.4 Å². The van der Waals surface area contributed by atoms with E-state index >= 15 is 0 Å². The number of rotatable bonds is 5. The maximum absolute atomic E-state index is 12.4. The van der Waals surface area contributed by atoms with Gasteiger partial charge in [0, 0.05) is 5.92 Å². The lowest BCUT2D eigenvalue weighted by molar-refractivity contribution is -0.160. The second kappa shape index (κ2) is 7.68. The number of carboxylic acid groups (broad SMARTS) is 1. The largest absolute Gasteiger partial charge is 0.480 e. The zero-order valence-electron chi connectivity index (χ0n) is 13.1. The van der Waals surface area contributed by atoms with Crippen molar-refractivity contribution in [3.63, 3.8) is 0 Å². The minimum absolute atomic E-state index is 0.334. The molecule has 1 aromatic rings. The Morgan fingerprint density at radius 2 is 1.71 bits per heavy atom. The molecule has 1 unspecified atom stereocenters. The molecule has 1 aliphatic rings. The number of carboxylic acids is 1. The Morgan fingerprint density at radius 3 is 2.21 bits per heavy atom. The van der Waals surface area contributed by atoms with Crippen molar-refractivity contribution in [2.24, 2.45) is 5.92 Å². The molecule has 1 aliphatic carbocycles. The molecular weight excluding hydrogens is 323 g/mol. The molecule has 24 heavy (non-hydrogen) atoms. The molecule has 2 rings (SSSR count). The fraction of sp³-hybridized carbons (Fsp3) is 0.529. The summed E-state index contributed by atoms with van der Waals surface area (Å²) in [5.41, 5.74) is 1.19. The zero-order valence-corrected chi connectivity index (χ0v) is 13.1. The van der Waals surface area contributed by atoms with Crippen molar-refractivity contribution >= 4 is 11.9 Å². The quantitative estimate of drug-likeness (QED) is 0.860. The summed E-state index contributed by atoms with van der Waals surface area (Å²) in [6, 6.07) is 7.94. The first kappa shape index (κ1) is 18.3. The van der Waals surface area contributed by atoms with Crippen LogP contribution in [0.15, 0.2) is 30.3 Å². The molecule has 1 amide bonds. The van der Waals surface area contributed by atoms with E-state index in [1.165, 1.54) is 5.56 Å². The highest BCUT2D eigenvalue weighted by Crippen LogP contribution is 2.35. The molecule has 0 bridgehead atoms. The molecule has 1 aromatic carbocycles. The van der Waals surface area contributed by atoms with E-state index in [1.807, 2.05) is 35.6 Å². The lowest BCUT2D eigenvalue weighted by Crippen LogP contribution is -2.46. The summed E-state index contributed by atoms with van der Waals surface area (Å²) in [5.74, 6) is -2.36. The number of hydrogen-bond donors (Lipinski definition) is 2. The fourth-order valence-corrected chi connectivity index (χ4v) is 3.14. The summed E-state index contributed by atoms with van der Waals surface area (Å²) in [7, 11) is 0. The van der Waals surface area contributed by atoms with Gasteiger partial charge in [-0.3, -0.25) is 4.79 Å². The van der Waals surface area contributed by atoms with Crippen LogP contribution in [-0.2, 0) is 9.59 Å². The fourth-order valence-electron chi connectivity index (χ4n) is 3.14. The van der Waals surface area contributed by atoms with Gasteiger partial charge in [-0.15, -0.1) is 0 Å². The van der Waals surface area contributed by atoms with Crippen molar-refractivity contribution in [2.75, 3.05) is 0 Å². The SMILES string of the molecule is O=C(NC(CC(F)(F)F)C(=O)O)C1CCC(c2ccccc2)CC1. The highest BCUT2D eigenvalue weighted by Gasteiger charge is 2.37. The molecule has 132 valence electrons. The van der Waals surface area contributed by atoms with Crippen LogP contribution in [0.4, 0.5) is 13.2 Å². The van der Waals surface area contributed by atoms with Crippen molar-refractivity contribution in [1.29, 1.82) is 0 Å². The minimum atomic E-state index is -4.64. The number of carbonyl (C=O) groups is 2. The zero-order chi connectivity index (χ0) is 17.7. The van der Waals surface area contributed by atoms with Crippen LogP contribution in [0.1, 0.15) is 43.6 Å². The van der Waals surface area contributed by atoms with E-state index in [2.05, 4.69) is 0 Å². The molecule has 0 aliphatic heterocycles. The van der Waals surface area contributed by atoms with Crippen molar-refractivity contribution in [1.82, 2.24) is 5.32 Å². The van der Waals surface area contributed by atoms with E-state index in [1.54, 1.807) is 0 Å². The predicted octanol–water partition coefficient (Wildman–Crippen LogP) is 3.48. The molecule has 1 saturated carbocycles. The predicted molar refractivity (Wildman–Crippen MR) is 81.4 cm³/mol. The number of amides is 1. The minimum Gasteiger partial charge on any atom is -0.480 e. The number of halogens is 3. The molecule has 0 spiro atoms. The number of benzene rings is 1. The highest BCUT2D eigenvalue weighted by atomic mass is 19.4. The number of carbonyl (C=O) groups excluding carboxylic acids is 1. The lowest BCUT2D eigenvalue weighted by atomic mass is 9.78. The second-order valence-electron chi connectivity index (χ2n) is 6.18. The van der Waals surface area contributed by atoms with Crippen LogP contribution in [0.2, 0.25) is 0 Å². The van der Waals surface area contributed by atoms with Crippen LogP contribution in [0.25, 0.3) is 0 Å². The molecule has 0 heterocycles. The first-order chi connectivity index (χ1) is 11.3. The van der Waals surface area contributed by atoms with Gasteiger partial charge in [-0.05, 0) is 37.2 Å². The van der Waals surface area contributed by atoms with Crippen molar-refractivity contribution in [3.8, 4) is 0 Å². The Bertz CT molecular complexity index is 566. The monoisotopic (exact) mass is 343 g/mol. The molecular formula is C17H20F3NO3. The Labute approximate surface area is 138 Å². The molecule has 1 fully saturated rings. The van der Waals surface area contributed by atoms with Gasteiger partial charge in [-0.1, -0.05) is 30.3 Å². The van der Waals surface area contributed by atoms with E-state index < -0.39 is 36.4 Å². The number of hydrogen-bond acceptors (Lipinski definition) is 2. The van der Waals surface area contributed by atoms with Gasteiger partial charge in [0.05, 0.1) is 6.42 Å². The summed E-state index contributed by atoms with van der Waals surface area (Å²) < 4.78 is 37.1. The summed E-state index contributed by atoms with van der Waals surface area (Å²) in [6.45, 7) is 0. The van der Waals surface area contributed by atoms with Crippen LogP contribution in [-0.4, -0.2) is 29.2 Å². The van der Waals surface area contributed by atoms with Gasteiger partial charge in [-0.25, -0.2) is 4.79 Å². The normalized spacial score (nSPS) is 22.6. The Hall–Kier alpha value is -2.05. The van der Waals surface area contributed by atoms with Crippen LogP contribution in [0.3, 0.4) is 0 Å². The molecule has 7 heteroatoms. The summed E-state index contributed by atoms with van der Waals surface area (Å²) in [6.07, 6.45) is -3.58. The Kier molecular flexibility index (Phi) is 5.85. The number of aliphatic carboxylic acids is 1. The van der Waals surface area contributed by atoms with Crippen LogP contribution < -0.4 is 5.32 Å². The van der Waals surface area contributed by atoms with Gasteiger partial charge in [0.2, 0.25) is 5.91 Å². The maximum atomic E-state index is 12.4. The highest BCUT2D eigenvalue weighted by molar-refractivity contribution is 5.85. The molecule has 1 atom stereocenters. The average Bonchev–Trinajstić information content (AvgIpc) is 2.54. The van der Waals surface area contributed by atoms with E-state index in [-0.39, 0.29) is 0 Å². The van der Waals surface area contributed by atoms with Crippen LogP contribution in [0.5, 0.6) is 0 Å². The smallest absolute Gasteiger partial charge is 0.391 e. The third kappa shape index (κ3) is 5.25. The van der Waals surface area contributed by atoms with E-state index in [9.17, 15) is 22.8 Å². The first-order valence-electron chi connectivity index (χ1n) is 7.91. The Balaban J connectivity index is 1.89. The van der Waals surface area contributed by atoms with Crippen molar-refractivity contribution < 1.29 is 27.9 Å². The Morgan fingerprint density at radius 1 is 1.12 bits per heavy atom. The molecule has 0 aromatic heterocycles. The number of alkyl halides is 3. The summed E-state index contributed by atoms with van der Waals surface area (Å²) >= 11 is 0. The third-order valence-electron chi connectivity index (χ3n) is 4.42. The van der Waals surface area contributed by atoms with Gasteiger partial charge in [0.15, 0.2) is 0 Å². The van der Waals surface area contributed by atoms with Gasteiger partial charge in [0.25, 0.3) is 0 Å². The molecule has 2 N–H and O–H groups in total. The lowest BCUT2D eigenvalue weighted by Gasteiger charge is -2.29. The van der Waals surface area contributed by atoms with Gasteiger partial charge < -0.3 is 10.4 Å². The summed E-state index contributed by atoms with van der Waals surface area (Å²) in [5, 5.41) is 10.9. The van der Waals surface area contributed by atoms with Crippen LogP contribution in [0, 0.1) is 5.92 Å². The molecule has 0 saturated heterocycles. The molecule has 0 radical (unpaired) electrons. The maximum Gasteiger partial charge on any atom is 0.391 e. The average molecular weight is 343 g/mol. The van der Waals surface area contributed by atoms with Gasteiger partial charge >= 0.3 is 12.1 Å². The third-order valence-corrected chi connectivity index (χ3v) is 4.42. The second-order valence-corrected chi connectivity index (χ2v) is 6.18. The van der Waals surface area contributed by atoms with Gasteiger partial charge in [0.1, 0.15) is 6.04 Å². The van der Waals surface area contributed by atoms with Crippen molar-refractivity contribution in [3.05, 3.63) is 35.9 Å². The van der Waals surface area contributed by atoms with E-state index in [0.29, 0.717) is 18.8 Å². The molecule has 4 nitrogen and oxygen atoms in total. The first-order valence-corrected chi connectivity index (χ1v) is 7.91. The van der Waals surface area contributed by atoms with E-state index in [0.717, 1.165) is 12.8 Å². The van der Waals surface area contributed by atoms with Crippen LogP contribution >= 0.6 is 0 Å². The van der Waals surface area contributed by atoms with Crippen molar-refractivity contribution in [2.45, 2.75) is 50.2 Å². The van der Waals surface area contributed by atoms with Gasteiger partial charge in [-0.2, -0.15) is 13.2 Å². The van der Waals surface area contributed by atoms with E-state index in [4.69, 9.17) is 5.11 Å². The standard InChI is InChI=1S/C17H20F3NO3/c18-17(19,20)10-14(16(23)24)21-15(22)13-8-6-12(7-9-13)11-4-2-1-3-5-11/h1-5,12-14H,6-10H2,(H,21,22)(H,23,24). The summed E-state index contributed by atoms with van der Waals surface area (Å²) in [4.78, 5) is 23.0. The number of nitrogens with one attached hydrogen (secondary N) is 1.